The van der Waals surface area contributed by atoms with E-state index in [1.54, 1.807) is 0 Å². The summed E-state index contributed by atoms with van der Waals surface area (Å²) in [6, 6.07) is 0.884. The van der Waals surface area contributed by atoms with Crippen LogP contribution in [0.15, 0.2) is 23.1 Å². The Balaban J connectivity index is 0.00000289. The topological polar surface area (TPSA) is 46.2 Å². The largest absolute Gasteiger partial charge is 0.508 e. The fraction of sp³-hybridized carbons (Fsp3) is 0.333. The average Bonchev–Trinajstić information content (AvgIpc) is 2.17. The first-order valence-corrected chi connectivity index (χ1v) is 5.15. The molecule has 2 nitrogen and oxygen atoms in total. The number of halogens is 6. The van der Waals surface area contributed by atoms with Crippen LogP contribution in [-0.2, 0) is 0 Å². The lowest BCUT2D eigenvalue weighted by atomic mass is 10.1. The molecular formula is C9H9ClF5NOS. The quantitative estimate of drug-likeness (QED) is 0.661. The number of alkyl halides is 5. The standard InChI is InChI=1S/C9H8F5NOS.ClH/c10-8(11)7(15)5-3-4(1-2-6(5)16)17-9(12,13)14;/h1-3,7-8,16H,15H2;1H/t7-;/m1./s1. The molecular weight excluding hydrogens is 301 g/mol. The molecule has 0 heterocycles. The van der Waals surface area contributed by atoms with Gasteiger partial charge >= 0.3 is 5.51 Å². The molecule has 1 rings (SSSR count). The van der Waals surface area contributed by atoms with Gasteiger partial charge in [-0.2, -0.15) is 13.2 Å². The molecule has 0 amide bonds. The van der Waals surface area contributed by atoms with Crippen LogP contribution in [-0.4, -0.2) is 17.0 Å². The first-order chi connectivity index (χ1) is 7.70. The summed E-state index contributed by atoms with van der Waals surface area (Å²) in [5.41, 5.74) is 0.138. The maximum absolute atomic E-state index is 12.3. The Hall–Kier alpha value is -0.730. The molecule has 0 aromatic heterocycles. The molecule has 18 heavy (non-hydrogen) atoms. The van der Waals surface area contributed by atoms with E-state index in [0.717, 1.165) is 18.2 Å². The second-order valence-electron chi connectivity index (χ2n) is 3.13. The number of rotatable bonds is 3. The summed E-state index contributed by atoms with van der Waals surface area (Å²) in [5, 5.41) is 9.25. The first kappa shape index (κ1) is 17.3. The van der Waals surface area contributed by atoms with E-state index < -0.39 is 41.1 Å². The second kappa shape index (κ2) is 6.44. The molecule has 0 radical (unpaired) electrons. The van der Waals surface area contributed by atoms with Gasteiger partial charge in [0.15, 0.2) is 0 Å². The summed E-state index contributed by atoms with van der Waals surface area (Å²) in [6.07, 6.45) is -2.97. The van der Waals surface area contributed by atoms with Crippen LogP contribution in [0, 0.1) is 0 Å². The number of thioether (sulfide) groups is 1. The Bertz CT molecular complexity index is 401. The molecule has 0 saturated carbocycles. The Morgan fingerprint density at radius 3 is 2.22 bits per heavy atom. The molecule has 3 N–H and O–H groups in total. The number of phenolic OH excluding ortho intramolecular Hbond substituents is 1. The number of benzene rings is 1. The summed E-state index contributed by atoms with van der Waals surface area (Å²) in [6.45, 7) is 0. The monoisotopic (exact) mass is 309 g/mol. The van der Waals surface area contributed by atoms with Crippen LogP contribution in [0.5, 0.6) is 5.75 Å². The fourth-order valence-electron chi connectivity index (χ4n) is 1.13. The minimum absolute atomic E-state index is 0. The van der Waals surface area contributed by atoms with Crippen molar-refractivity contribution < 1.29 is 27.1 Å². The Kier molecular flexibility index (Phi) is 6.18. The van der Waals surface area contributed by atoms with Crippen molar-refractivity contribution in [2.75, 3.05) is 0 Å². The molecule has 0 saturated heterocycles. The normalized spacial score (nSPS) is 13.3. The van der Waals surface area contributed by atoms with Crippen molar-refractivity contribution in [2.24, 2.45) is 5.73 Å². The van der Waals surface area contributed by atoms with Crippen molar-refractivity contribution in [3.8, 4) is 5.75 Å². The highest BCUT2D eigenvalue weighted by molar-refractivity contribution is 8.00. The molecule has 0 spiro atoms. The molecule has 0 aliphatic rings. The van der Waals surface area contributed by atoms with Crippen LogP contribution in [0.2, 0.25) is 0 Å². The molecule has 9 heteroatoms. The van der Waals surface area contributed by atoms with Crippen LogP contribution < -0.4 is 5.73 Å². The van der Waals surface area contributed by atoms with Gasteiger partial charge in [-0.15, -0.1) is 12.4 Å². The number of hydrogen-bond acceptors (Lipinski definition) is 3. The Labute approximate surface area is 110 Å². The van der Waals surface area contributed by atoms with Crippen molar-refractivity contribution in [1.29, 1.82) is 0 Å². The van der Waals surface area contributed by atoms with E-state index in [4.69, 9.17) is 5.73 Å². The van der Waals surface area contributed by atoms with Crippen molar-refractivity contribution >= 4 is 24.2 Å². The third-order valence-corrected chi connectivity index (χ3v) is 2.58. The number of aromatic hydroxyl groups is 1. The van der Waals surface area contributed by atoms with E-state index >= 15 is 0 Å². The van der Waals surface area contributed by atoms with E-state index in [0.29, 0.717) is 0 Å². The highest BCUT2D eigenvalue weighted by Crippen LogP contribution is 2.39. The predicted octanol–water partition coefficient (Wildman–Crippen LogP) is 3.69. The van der Waals surface area contributed by atoms with E-state index in [9.17, 15) is 27.1 Å². The number of phenols is 1. The molecule has 0 bridgehead atoms. The zero-order chi connectivity index (χ0) is 13.2. The van der Waals surface area contributed by atoms with Gasteiger partial charge in [0.2, 0.25) is 0 Å². The SMILES string of the molecule is Cl.N[C@H](c1cc(SC(F)(F)F)ccc1O)C(F)F. The Morgan fingerprint density at radius 1 is 1.22 bits per heavy atom. The summed E-state index contributed by atoms with van der Waals surface area (Å²) in [7, 11) is 0. The van der Waals surface area contributed by atoms with Gasteiger partial charge in [-0.25, -0.2) is 8.78 Å². The lowest BCUT2D eigenvalue weighted by Gasteiger charge is -2.14. The third-order valence-electron chi connectivity index (χ3n) is 1.86. The zero-order valence-corrected chi connectivity index (χ0v) is 10.3. The molecule has 1 aromatic carbocycles. The zero-order valence-electron chi connectivity index (χ0n) is 8.62. The minimum Gasteiger partial charge on any atom is -0.508 e. The third kappa shape index (κ3) is 4.87. The van der Waals surface area contributed by atoms with Crippen molar-refractivity contribution in [2.45, 2.75) is 22.9 Å². The number of nitrogens with two attached hydrogens (primary N) is 1. The van der Waals surface area contributed by atoms with Crippen LogP contribution >= 0.6 is 24.2 Å². The second-order valence-corrected chi connectivity index (χ2v) is 4.27. The van der Waals surface area contributed by atoms with Crippen LogP contribution in [0.25, 0.3) is 0 Å². The van der Waals surface area contributed by atoms with Crippen molar-refractivity contribution in [1.82, 2.24) is 0 Å². The highest BCUT2D eigenvalue weighted by Gasteiger charge is 2.30. The summed E-state index contributed by atoms with van der Waals surface area (Å²) >= 11 is -0.459. The van der Waals surface area contributed by atoms with Gasteiger partial charge in [0.1, 0.15) is 5.75 Å². The van der Waals surface area contributed by atoms with Crippen LogP contribution in [0.4, 0.5) is 22.0 Å². The fourth-order valence-corrected chi connectivity index (χ4v) is 1.72. The van der Waals surface area contributed by atoms with E-state index in [1.807, 2.05) is 0 Å². The van der Waals surface area contributed by atoms with Crippen LogP contribution in [0.1, 0.15) is 11.6 Å². The van der Waals surface area contributed by atoms with E-state index in [-0.39, 0.29) is 17.3 Å². The summed E-state index contributed by atoms with van der Waals surface area (Å²) in [5.74, 6) is -0.552. The summed E-state index contributed by atoms with van der Waals surface area (Å²) < 4.78 is 60.8. The van der Waals surface area contributed by atoms with Gasteiger partial charge in [0.05, 0.1) is 6.04 Å². The predicted molar refractivity (Wildman–Crippen MR) is 60.2 cm³/mol. The maximum atomic E-state index is 12.3. The van der Waals surface area contributed by atoms with Gasteiger partial charge in [0, 0.05) is 10.5 Å². The average molecular weight is 310 g/mol. The van der Waals surface area contributed by atoms with Gasteiger partial charge in [-0.3, -0.25) is 0 Å². The lowest BCUT2D eigenvalue weighted by Crippen LogP contribution is -2.19. The molecule has 0 aliphatic carbocycles. The van der Waals surface area contributed by atoms with E-state index in [1.165, 1.54) is 0 Å². The number of hydrogen-bond donors (Lipinski definition) is 2. The highest BCUT2D eigenvalue weighted by atomic mass is 35.5. The Morgan fingerprint density at radius 2 is 1.78 bits per heavy atom. The molecule has 104 valence electrons. The van der Waals surface area contributed by atoms with Gasteiger partial charge in [-0.05, 0) is 30.0 Å². The smallest absolute Gasteiger partial charge is 0.446 e. The molecule has 1 aromatic rings. The molecule has 0 unspecified atom stereocenters. The van der Waals surface area contributed by atoms with Gasteiger partial charge in [0.25, 0.3) is 6.43 Å². The van der Waals surface area contributed by atoms with Gasteiger partial charge < -0.3 is 10.8 Å². The molecule has 0 aliphatic heterocycles. The molecule has 1 atom stereocenters. The van der Waals surface area contributed by atoms with E-state index in [2.05, 4.69) is 0 Å². The molecule has 0 fully saturated rings. The van der Waals surface area contributed by atoms with Crippen molar-refractivity contribution in [3.63, 3.8) is 0 Å². The minimum atomic E-state index is -4.52. The van der Waals surface area contributed by atoms with Gasteiger partial charge in [-0.1, -0.05) is 0 Å². The first-order valence-electron chi connectivity index (χ1n) is 4.33. The maximum Gasteiger partial charge on any atom is 0.446 e. The van der Waals surface area contributed by atoms with Crippen LogP contribution in [0.3, 0.4) is 0 Å². The summed E-state index contributed by atoms with van der Waals surface area (Å²) in [4.78, 5) is -0.304. The van der Waals surface area contributed by atoms with Crippen molar-refractivity contribution in [3.05, 3.63) is 23.8 Å². The lowest BCUT2D eigenvalue weighted by molar-refractivity contribution is -0.0328.